The van der Waals surface area contributed by atoms with Gasteiger partial charge in [-0.1, -0.05) is 255 Å². The molecule has 30 unspecified atom stereocenters. The molecule has 24 N–H and O–H groups in total. The van der Waals surface area contributed by atoms with Gasteiger partial charge in [-0.25, -0.2) is 0 Å². The average molecular weight is 1920 g/mol. The zero-order valence-corrected chi connectivity index (χ0v) is 81.4. The van der Waals surface area contributed by atoms with Gasteiger partial charge in [-0.05, 0) is 155 Å². The Morgan fingerprint density at radius 3 is 0.830 bits per heavy atom. The number of hydrogen-bond acceptors (Lipinski definition) is 30. The van der Waals surface area contributed by atoms with E-state index in [1.165, 1.54) is 19.1 Å². The van der Waals surface area contributed by atoms with Gasteiger partial charge in [0.2, 0.25) is 0 Å². The second-order valence-electron chi connectivity index (χ2n) is 36.9. The maximum Gasteiger partial charge on any atom is 0.314 e. The van der Waals surface area contributed by atoms with Crippen LogP contribution in [0.2, 0.25) is 0 Å². The topological polar surface area (TPSA) is 564 Å². The Balaban J connectivity index is 0.00000101. The van der Waals surface area contributed by atoms with Crippen molar-refractivity contribution in [2.24, 2.45) is 17.8 Å². The Hall–Kier alpha value is -6.45. The molecule has 30 heteroatoms. The zero-order valence-electron chi connectivity index (χ0n) is 81.4. The predicted molar refractivity (Wildman–Crippen MR) is 522 cm³/mol. The fraction of sp³-hybridized carbons (Fsp3) is 0.686. The third-order valence-electron chi connectivity index (χ3n) is 23.8. The minimum Gasteiger partial charge on any atom is -0.462 e. The summed E-state index contributed by atoms with van der Waals surface area (Å²) in [5.41, 5.74) is 1.88. The van der Waals surface area contributed by atoms with Gasteiger partial charge in [-0.15, -0.1) is 0 Å². The Kier molecular flexibility index (Phi) is 70.7. The van der Waals surface area contributed by atoms with Crippen LogP contribution in [0.25, 0.3) is 0 Å². The van der Waals surface area contributed by atoms with Gasteiger partial charge in [-0.3, -0.25) is 14.4 Å². The van der Waals surface area contributed by atoms with Crippen LogP contribution in [-0.4, -0.2) is 305 Å². The number of allylic oxidation sites excluding steroid dienone is 24. The van der Waals surface area contributed by atoms with Crippen LogP contribution in [0.5, 0.6) is 0 Å². The molecule has 0 bridgehead atoms. The molecule has 0 saturated heterocycles. The number of hydrogen-bond donors (Lipinski definition) is 24. The van der Waals surface area contributed by atoms with E-state index in [9.17, 15) is 137 Å². The summed E-state index contributed by atoms with van der Waals surface area (Å²) >= 11 is 0. The summed E-state index contributed by atoms with van der Waals surface area (Å²) in [6.07, 6.45) is 26.2. The highest BCUT2D eigenvalue weighted by molar-refractivity contribution is 5.74. The molecule has 30 nitrogen and oxygen atoms in total. The first kappa shape index (κ1) is 127. The van der Waals surface area contributed by atoms with Crippen LogP contribution in [0.3, 0.4) is 0 Å². The van der Waals surface area contributed by atoms with Crippen molar-refractivity contribution in [1.82, 2.24) is 0 Å². The molecule has 30 atom stereocenters. The van der Waals surface area contributed by atoms with Crippen LogP contribution in [0.1, 0.15) is 274 Å². The average Bonchev–Trinajstić information content (AvgIpc) is 0.780. The molecule has 3 rings (SSSR count). The van der Waals surface area contributed by atoms with Crippen molar-refractivity contribution in [2.75, 3.05) is 0 Å². The van der Waals surface area contributed by atoms with Crippen molar-refractivity contribution in [3.63, 3.8) is 0 Å². The SMILES string of the molecule is CCCCCC(O)C1C(=O)OC(C)C(O)C=CC=CC=CC=CC=C(C)C(O)CC(O)CC(O)CC(O)CC(O)CC(O)CC1O.CCCCCCC1C(=O)OC(C)C(O)C=CC=CC=CC=CC=C(C)C(O)CC(O)CC(O)CC(O)CC(O)CC(O)CC1O.CCCCCCC1C(=O)OC(C)CC=CC=CC=CC=CC=C(C)C(O)CC(O)CC(O)CC(O)CC(O)CC(O)CC1O. The maximum absolute atomic E-state index is 13.1. The fourth-order valence-corrected chi connectivity index (χ4v) is 15.7. The van der Waals surface area contributed by atoms with E-state index in [0.29, 0.717) is 48.8 Å². The highest BCUT2D eigenvalue weighted by Gasteiger charge is 2.39. The van der Waals surface area contributed by atoms with Gasteiger partial charge in [0, 0.05) is 44.9 Å². The van der Waals surface area contributed by atoms with Crippen molar-refractivity contribution < 1.29 is 151 Å². The minimum absolute atomic E-state index is 0.00297. The number of carbonyl (C=O) groups excluding carboxylic acids is 3. The van der Waals surface area contributed by atoms with E-state index in [0.717, 1.165) is 57.8 Å². The molecule has 0 aromatic rings. The number of aliphatic hydroxyl groups is 24. The highest BCUT2D eigenvalue weighted by atomic mass is 16.6. The van der Waals surface area contributed by atoms with E-state index in [2.05, 4.69) is 13.8 Å². The number of rotatable bonds is 15. The van der Waals surface area contributed by atoms with E-state index in [1.54, 1.807) is 144 Å². The quantitative estimate of drug-likeness (QED) is 0.0413. The number of aliphatic hydroxyl groups excluding tert-OH is 24. The first-order valence-electron chi connectivity index (χ1n) is 49.0. The van der Waals surface area contributed by atoms with Crippen LogP contribution >= 0.6 is 0 Å². The lowest BCUT2D eigenvalue weighted by atomic mass is 9.87. The molecule has 0 amide bonds. The van der Waals surface area contributed by atoms with Crippen molar-refractivity contribution >= 4 is 17.9 Å². The monoisotopic (exact) mass is 1920 g/mol. The smallest absolute Gasteiger partial charge is 0.314 e. The lowest BCUT2D eigenvalue weighted by Crippen LogP contribution is -2.43. The van der Waals surface area contributed by atoms with E-state index < -0.39 is 200 Å². The number of esters is 3. The van der Waals surface area contributed by atoms with Gasteiger partial charge in [-0.2, -0.15) is 0 Å². The molecule has 0 aromatic carbocycles. The first-order chi connectivity index (χ1) is 64.0. The highest BCUT2D eigenvalue weighted by Crippen LogP contribution is 2.30. The standard InChI is InChI=1S/C35H58O11.C35H58O10.C35H58O9/c1-4-5-11-16-31(42)34-33(44)22-29(40)20-27(38)18-25(36)17-26(37)19-28(39)21-32(43)23(2)14-12-9-7-6-8-10-13-15-30(41)24(3)46-35(34)45;1-4-5-6-13-16-31-34(43)23-30(40)21-28(38)19-26(36)18-27(37)20-29(39)22-33(42)24(2)15-12-10-8-7-9-11-14-17-32(41)25(3)45-35(31)44;1-4-5-6-15-18-32-34(42)24-31(40)22-29(38)20-27(36)19-28(37)21-30(39)23-33(41)25(2)16-13-11-9-7-8-10-12-14-17-26(3)44-35(32)43/h6-10,12-15,24-34,36-44H,4-5,11,16-22H2,1-3H3;7-12,14-15,17,25-34,36-43H,4-6,13,16,18-23H2,1-3H3;7-14,16,26-34,36-42H,4-6,15,17-24H2,1-3H3. The van der Waals surface area contributed by atoms with Crippen molar-refractivity contribution in [3.05, 3.63) is 181 Å². The Morgan fingerprint density at radius 2 is 0.526 bits per heavy atom. The molecule has 0 aromatic heterocycles. The summed E-state index contributed by atoms with van der Waals surface area (Å²) in [6.45, 7) is 16.1. The number of cyclic esters (lactones) is 3. The van der Waals surface area contributed by atoms with E-state index >= 15 is 0 Å². The number of unbranched alkanes of at least 4 members (excludes halogenated alkanes) is 8. The summed E-state index contributed by atoms with van der Waals surface area (Å²) in [6, 6.07) is 0. The molecular formula is C105H174O30. The summed E-state index contributed by atoms with van der Waals surface area (Å²) in [5, 5.41) is 252. The van der Waals surface area contributed by atoms with Crippen molar-refractivity contribution in [3.8, 4) is 0 Å². The largest absolute Gasteiger partial charge is 0.462 e. The second kappa shape index (κ2) is 75.4. The number of carbonyl (C=O) groups is 3. The van der Waals surface area contributed by atoms with E-state index in [1.807, 2.05) is 49.5 Å². The molecule has 3 aliphatic heterocycles. The summed E-state index contributed by atoms with van der Waals surface area (Å²) < 4.78 is 16.6. The molecular weight excluding hydrogens is 1740 g/mol. The number of ether oxygens (including phenoxy) is 3. The third-order valence-corrected chi connectivity index (χ3v) is 23.8. The van der Waals surface area contributed by atoms with Gasteiger partial charge in [0.05, 0.1) is 146 Å². The van der Waals surface area contributed by atoms with Crippen LogP contribution in [0.4, 0.5) is 0 Å². The van der Waals surface area contributed by atoms with Gasteiger partial charge in [0.15, 0.2) is 0 Å². The lowest BCUT2D eigenvalue weighted by molar-refractivity contribution is -0.168. The van der Waals surface area contributed by atoms with Gasteiger partial charge in [0.25, 0.3) is 0 Å². The molecule has 0 saturated carbocycles. The molecule has 0 spiro atoms. The molecule has 0 radical (unpaired) electrons. The third kappa shape index (κ3) is 62.4. The van der Waals surface area contributed by atoms with Crippen LogP contribution in [0, 0.1) is 17.8 Å². The summed E-state index contributed by atoms with van der Waals surface area (Å²) in [7, 11) is 0. The summed E-state index contributed by atoms with van der Waals surface area (Å²) in [4.78, 5) is 39.3. The molecule has 774 valence electrons. The Labute approximate surface area is 802 Å². The van der Waals surface area contributed by atoms with Crippen molar-refractivity contribution in [2.45, 2.75) is 439 Å². The minimum atomic E-state index is -1.52. The van der Waals surface area contributed by atoms with Crippen molar-refractivity contribution in [1.29, 1.82) is 0 Å². The Morgan fingerprint density at radius 1 is 0.281 bits per heavy atom. The Bertz CT molecular complexity index is 3600. The normalized spacial score (nSPS) is 34.2. The first-order valence-corrected chi connectivity index (χ1v) is 49.0. The van der Waals surface area contributed by atoms with Gasteiger partial charge < -0.3 is 137 Å². The zero-order chi connectivity index (χ0) is 101. The molecule has 3 heterocycles. The van der Waals surface area contributed by atoms with E-state index in [4.69, 9.17) is 14.2 Å². The molecule has 0 aliphatic carbocycles. The fourth-order valence-electron chi connectivity index (χ4n) is 15.7. The molecule has 3 aliphatic rings. The van der Waals surface area contributed by atoms with Gasteiger partial charge in [0.1, 0.15) is 36.4 Å². The van der Waals surface area contributed by atoms with Gasteiger partial charge >= 0.3 is 17.9 Å². The lowest BCUT2D eigenvalue weighted by Gasteiger charge is -2.29. The molecule has 135 heavy (non-hydrogen) atoms. The maximum atomic E-state index is 13.1. The predicted octanol–water partition coefficient (Wildman–Crippen LogP) is 8.75. The van der Waals surface area contributed by atoms with Crippen LogP contribution in [-0.2, 0) is 28.6 Å². The van der Waals surface area contributed by atoms with Crippen LogP contribution in [0.15, 0.2) is 181 Å². The van der Waals surface area contributed by atoms with Crippen LogP contribution < -0.4 is 0 Å². The van der Waals surface area contributed by atoms with E-state index in [-0.39, 0.29) is 122 Å². The second-order valence-corrected chi connectivity index (χ2v) is 36.9. The molecule has 0 fully saturated rings. The summed E-state index contributed by atoms with van der Waals surface area (Å²) in [5.74, 6) is -5.25.